The molecule has 3 saturated heterocycles. The minimum atomic E-state index is -0.848. The second-order valence-corrected chi connectivity index (χ2v) is 21.2. The third kappa shape index (κ3) is 11.2. The second kappa shape index (κ2) is 17.8. The number of amides is 3. The molecular weight excluding hydrogens is 783 g/mol. The van der Waals surface area contributed by atoms with E-state index in [1.165, 1.54) is 60.1 Å². The number of piperidine rings is 2. The summed E-state index contributed by atoms with van der Waals surface area (Å²) in [6, 6.07) is 16.0. The number of hydrogen-bond acceptors (Lipinski definition) is 8. The number of aryl methyl sites for hydroxylation is 2. The average Bonchev–Trinajstić information content (AvgIpc) is 3.97. The number of rotatable bonds is 2. The van der Waals surface area contributed by atoms with Crippen LogP contribution in [0.1, 0.15) is 136 Å². The zero-order chi connectivity index (χ0) is 42.8. The van der Waals surface area contributed by atoms with Crippen LogP contribution in [0.5, 0.6) is 0 Å². The van der Waals surface area contributed by atoms with Gasteiger partial charge in [-0.1, -0.05) is 37.1 Å². The number of thiophene rings is 2. The molecule has 0 atom stereocenters. The van der Waals surface area contributed by atoms with Crippen molar-refractivity contribution in [1.82, 2.24) is 14.7 Å². The van der Waals surface area contributed by atoms with Gasteiger partial charge in [0.05, 0.1) is 4.88 Å². The van der Waals surface area contributed by atoms with E-state index >= 15 is 0 Å². The lowest BCUT2D eigenvalue weighted by Crippen LogP contribution is -2.55. The summed E-state index contributed by atoms with van der Waals surface area (Å²) < 4.78 is 13.1. The first-order valence-electron chi connectivity index (χ1n) is 21.3. The van der Waals surface area contributed by atoms with E-state index in [1.54, 1.807) is 22.3 Å². The number of carbonyl (C=O) groups is 4. The van der Waals surface area contributed by atoms with Crippen molar-refractivity contribution in [3.63, 3.8) is 0 Å². The van der Waals surface area contributed by atoms with Crippen molar-refractivity contribution >= 4 is 66.9 Å². The minimum Gasteiger partial charge on any atom is -0.477 e. The highest BCUT2D eigenvalue weighted by atomic mass is 32.1. The number of fused-ring (bicyclic) bond motifs is 2. The topological polar surface area (TPSA) is 117 Å². The molecule has 3 aliphatic heterocycles. The molecule has 0 bridgehead atoms. The molecule has 1 N–H and O–H groups in total. The molecule has 0 radical (unpaired) electrons. The maximum absolute atomic E-state index is 13.4. The SMILES string of the molecule is CC(C)(C)OC(=O)N1CCC2(CCCC2)CC1.Cc1ccc2cc(C(=O)N3CCCC34CCN(C(=O)OC(C)(C)C)CC4)sc2c1.Cc1ccc2cc(C(=O)O)sc2c1. The Balaban J connectivity index is 0.000000165. The van der Waals surface area contributed by atoms with Gasteiger partial charge in [0, 0.05) is 47.7 Å². The van der Waals surface area contributed by atoms with Crippen LogP contribution in [-0.4, -0.2) is 93.3 Å². The molecule has 0 unspecified atom stereocenters. The Morgan fingerprint density at radius 1 is 0.593 bits per heavy atom. The number of carboxylic acids is 1. The molecule has 5 heterocycles. The lowest BCUT2D eigenvalue weighted by Gasteiger charge is -2.44. The molecule has 4 aromatic rings. The summed E-state index contributed by atoms with van der Waals surface area (Å²) in [5, 5.41) is 10.9. The van der Waals surface area contributed by atoms with Crippen LogP contribution in [-0.2, 0) is 9.47 Å². The van der Waals surface area contributed by atoms with Gasteiger partial charge in [-0.25, -0.2) is 14.4 Å². The Bertz CT molecular complexity index is 2140. The summed E-state index contributed by atoms with van der Waals surface area (Å²) in [5.41, 5.74) is 1.96. The molecule has 59 heavy (non-hydrogen) atoms. The highest BCUT2D eigenvalue weighted by molar-refractivity contribution is 7.21. The molecule has 2 aromatic carbocycles. The molecular formula is C47H63N3O7S2. The number of ether oxygens (including phenoxy) is 2. The Hall–Kier alpha value is -4.16. The van der Waals surface area contributed by atoms with Crippen LogP contribution in [0.2, 0.25) is 0 Å². The number of nitrogens with zero attached hydrogens (tertiary/aromatic N) is 3. The molecule has 2 spiro atoms. The lowest BCUT2D eigenvalue weighted by molar-refractivity contribution is 0.00445. The number of aromatic carboxylic acids is 1. The molecule has 4 fully saturated rings. The van der Waals surface area contributed by atoms with Crippen LogP contribution in [0.4, 0.5) is 9.59 Å². The Morgan fingerprint density at radius 2 is 1.05 bits per heavy atom. The standard InChI is InChI=1S/C23H30N2O3S.C14H25NO2.C10H8O2S/c1-16-6-7-17-15-19(29-18(17)14-16)20(26)25-11-5-8-23(25)9-12-24(13-10-23)21(27)28-22(2,3)4;1-13(2,3)17-12(16)15-10-8-14(9-11-15)6-4-5-7-14;1-6-2-3-7-5-9(10(11)12)13-8(7)4-6/h6-7,14-15H,5,8-13H2,1-4H3;4-11H2,1-3H3;2-5H,1H3,(H,11,12). The van der Waals surface area contributed by atoms with E-state index in [9.17, 15) is 19.2 Å². The molecule has 8 rings (SSSR count). The third-order valence-electron chi connectivity index (χ3n) is 12.1. The summed E-state index contributed by atoms with van der Waals surface area (Å²) in [4.78, 5) is 55.4. The summed E-state index contributed by atoms with van der Waals surface area (Å²) in [6.07, 6.45) is 11.2. The summed E-state index contributed by atoms with van der Waals surface area (Å²) in [5.74, 6) is -0.703. The quantitative estimate of drug-likeness (QED) is 0.213. The van der Waals surface area contributed by atoms with Gasteiger partial charge in [-0.2, -0.15) is 0 Å². The van der Waals surface area contributed by atoms with E-state index in [4.69, 9.17) is 14.6 Å². The first kappa shape index (κ1) is 44.4. The van der Waals surface area contributed by atoms with Crippen molar-refractivity contribution in [3.8, 4) is 0 Å². The van der Waals surface area contributed by atoms with E-state index in [2.05, 4.69) is 30.0 Å². The highest BCUT2D eigenvalue weighted by Gasteiger charge is 2.47. The van der Waals surface area contributed by atoms with Gasteiger partial charge in [-0.05, 0) is 158 Å². The number of benzene rings is 2. The normalized spacial score (nSPS) is 18.7. The first-order valence-corrected chi connectivity index (χ1v) is 22.9. The summed E-state index contributed by atoms with van der Waals surface area (Å²) >= 11 is 2.91. The van der Waals surface area contributed by atoms with Crippen LogP contribution >= 0.6 is 22.7 Å². The number of carboxylic acid groups (broad SMARTS) is 1. The molecule has 4 aliphatic rings. The maximum Gasteiger partial charge on any atom is 0.410 e. The maximum atomic E-state index is 13.4. The fourth-order valence-corrected chi connectivity index (χ4v) is 11.1. The zero-order valence-electron chi connectivity index (χ0n) is 36.3. The number of hydrogen-bond donors (Lipinski definition) is 1. The smallest absolute Gasteiger partial charge is 0.410 e. The fourth-order valence-electron chi connectivity index (χ4n) is 8.94. The van der Waals surface area contributed by atoms with Crippen LogP contribution in [0.25, 0.3) is 20.2 Å². The van der Waals surface area contributed by atoms with Gasteiger partial charge in [-0.15, -0.1) is 22.7 Å². The number of likely N-dealkylation sites (tertiary alicyclic amines) is 3. The monoisotopic (exact) mass is 845 g/mol. The first-order chi connectivity index (χ1) is 27.7. The van der Waals surface area contributed by atoms with Gasteiger partial charge in [-0.3, -0.25) is 4.79 Å². The van der Waals surface area contributed by atoms with Crippen LogP contribution in [0, 0.1) is 19.3 Å². The minimum absolute atomic E-state index is 0.123. The number of carbonyl (C=O) groups excluding carboxylic acids is 3. The van der Waals surface area contributed by atoms with Crippen LogP contribution in [0.3, 0.4) is 0 Å². The van der Waals surface area contributed by atoms with Crippen molar-refractivity contribution in [1.29, 1.82) is 0 Å². The fraction of sp³-hybridized carbons (Fsp3) is 0.574. The van der Waals surface area contributed by atoms with Gasteiger partial charge < -0.3 is 29.3 Å². The Morgan fingerprint density at radius 3 is 1.53 bits per heavy atom. The van der Waals surface area contributed by atoms with E-state index in [0.717, 1.165) is 71.2 Å². The van der Waals surface area contributed by atoms with E-state index in [-0.39, 0.29) is 29.2 Å². The van der Waals surface area contributed by atoms with Crippen molar-refractivity contribution in [2.75, 3.05) is 32.7 Å². The Kier molecular flexibility index (Phi) is 13.4. The van der Waals surface area contributed by atoms with Gasteiger partial charge in [0.15, 0.2) is 0 Å². The highest BCUT2D eigenvalue weighted by Crippen LogP contribution is 2.46. The summed E-state index contributed by atoms with van der Waals surface area (Å²) in [7, 11) is 0. The van der Waals surface area contributed by atoms with Gasteiger partial charge in [0.2, 0.25) is 0 Å². The van der Waals surface area contributed by atoms with E-state index in [0.29, 0.717) is 23.4 Å². The molecule has 12 heteroatoms. The Labute approximate surface area is 357 Å². The van der Waals surface area contributed by atoms with Crippen molar-refractivity contribution in [3.05, 3.63) is 69.4 Å². The third-order valence-corrected chi connectivity index (χ3v) is 14.3. The van der Waals surface area contributed by atoms with E-state index in [1.807, 2.05) is 77.6 Å². The van der Waals surface area contributed by atoms with Crippen LogP contribution in [0.15, 0.2) is 48.5 Å². The molecule has 320 valence electrons. The van der Waals surface area contributed by atoms with Gasteiger partial charge >= 0.3 is 18.2 Å². The summed E-state index contributed by atoms with van der Waals surface area (Å²) in [6.45, 7) is 19.4. The van der Waals surface area contributed by atoms with Crippen LogP contribution < -0.4 is 0 Å². The zero-order valence-corrected chi connectivity index (χ0v) is 37.9. The predicted molar refractivity (Wildman–Crippen MR) is 238 cm³/mol. The largest absolute Gasteiger partial charge is 0.477 e. The predicted octanol–water partition coefficient (Wildman–Crippen LogP) is 11.7. The molecule has 1 aliphatic carbocycles. The van der Waals surface area contributed by atoms with E-state index < -0.39 is 11.6 Å². The molecule has 10 nitrogen and oxygen atoms in total. The van der Waals surface area contributed by atoms with Crippen molar-refractivity contribution in [2.24, 2.45) is 5.41 Å². The van der Waals surface area contributed by atoms with Crippen molar-refractivity contribution < 1.29 is 33.8 Å². The van der Waals surface area contributed by atoms with Gasteiger partial charge in [0.25, 0.3) is 5.91 Å². The molecule has 3 amide bonds. The second-order valence-electron chi connectivity index (χ2n) is 19.0. The van der Waals surface area contributed by atoms with Gasteiger partial charge in [0.1, 0.15) is 16.1 Å². The lowest BCUT2D eigenvalue weighted by atomic mass is 9.77. The molecule has 2 aromatic heterocycles. The molecule has 1 saturated carbocycles. The average molecular weight is 846 g/mol. The van der Waals surface area contributed by atoms with Crippen molar-refractivity contribution in [2.45, 2.75) is 136 Å².